The molecule has 5 aromatic rings. The van der Waals surface area contributed by atoms with Crippen molar-refractivity contribution in [2.75, 3.05) is 0 Å². The summed E-state index contributed by atoms with van der Waals surface area (Å²) < 4.78 is 20.9. The molecule has 3 heterocycles. The van der Waals surface area contributed by atoms with Crippen LogP contribution in [0, 0.1) is 19.7 Å². The maximum absolute atomic E-state index is 14.0. The number of halogens is 1. The molecule has 0 radical (unpaired) electrons. The highest BCUT2D eigenvalue weighted by Gasteiger charge is 2.21. The van der Waals surface area contributed by atoms with Crippen molar-refractivity contribution in [3.8, 4) is 22.2 Å². The van der Waals surface area contributed by atoms with E-state index in [9.17, 15) is 9.18 Å². The molecule has 2 aromatic carbocycles. The van der Waals surface area contributed by atoms with Gasteiger partial charge in [0.05, 0.1) is 23.1 Å². The molecule has 0 fully saturated rings. The number of fused-ring (bicyclic) bond motifs is 1. The molecule has 3 aromatic heterocycles. The Bertz CT molecular complexity index is 1480. The molecular weight excluding hydrogens is 415 g/mol. The number of thiophene rings is 1. The summed E-state index contributed by atoms with van der Waals surface area (Å²) in [6.07, 6.45) is 1.45. The summed E-state index contributed by atoms with van der Waals surface area (Å²) >= 11 is 1.33. The van der Waals surface area contributed by atoms with E-state index in [4.69, 9.17) is 4.52 Å². The molecule has 6 nitrogen and oxygen atoms in total. The minimum absolute atomic E-state index is 0.108. The molecule has 154 valence electrons. The predicted octanol–water partition coefficient (Wildman–Crippen LogP) is 4.98. The maximum Gasteiger partial charge on any atom is 0.268 e. The Hall–Kier alpha value is -3.65. The summed E-state index contributed by atoms with van der Waals surface area (Å²) in [5, 5.41) is 4.58. The third kappa shape index (κ3) is 3.44. The minimum Gasteiger partial charge on any atom is -0.333 e. The lowest BCUT2D eigenvalue weighted by Crippen LogP contribution is -2.21. The fourth-order valence-electron chi connectivity index (χ4n) is 3.50. The second kappa shape index (κ2) is 7.55. The van der Waals surface area contributed by atoms with Crippen LogP contribution in [0.5, 0.6) is 0 Å². The van der Waals surface area contributed by atoms with Gasteiger partial charge in [-0.1, -0.05) is 47.1 Å². The average molecular weight is 432 g/mol. The Kier molecular flexibility index (Phi) is 4.71. The van der Waals surface area contributed by atoms with E-state index in [0.29, 0.717) is 32.4 Å². The molecule has 0 aliphatic carbocycles. The topological polar surface area (TPSA) is 73.8 Å². The molecule has 0 spiro atoms. The van der Waals surface area contributed by atoms with E-state index in [2.05, 4.69) is 15.1 Å². The molecule has 0 aliphatic rings. The lowest BCUT2D eigenvalue weighted by atomic mass is 10.1. The van der Waals surface area contributed by atoms with Crippen LogP contribution in [0.2, 0.25) is 0 Å². The van der Waals surface area contributed by atoms with Crippen LogP contribution in [0.15, 0.2) is 64.2 Å². The van der Waals surface area contributed by atoms with Crippen LogP contribution in [0.1, 0.15) is 16.7 Å². The Morgan fingerprint density at radius 2 is 1.97 bits per heavy atom. The molecule has 0 bridgehead atoms. The quantitative estimate of drug-likeness (QED) is 0.400. The molecule has 5 rings (SSSR count). The Morgan fingerprint density at radius 1 is 1.13 bits per heavy atom. The van der Waals surface area contributed by atoms with Crippen molar-refractivity contribution >= 4 is 21.6 Å². The van der Waals surface area contributed by atoms with Gasteiger partial charge in [-0.25, -0.2) is 9.37 Å². The van der Waals surface area contributed by atoms with Crippen LogP contribution in [0.4, 0.5) is 4.39 Å². The van der Waals surface area contributed by atoms with Crippen LogP contribution in [-0.2, 0) is 6.54 Å². The second-order valence-corrected chi connectivity index (χ2v) is 8.30. The van der Waals surface area contributed by atoms with Crippen LogP contribution in [0.25, 0.3) is 32.4 Å². The summed E-state index contributed by atoms with van der Waals surface area (Å²) in [4.78, 5) is 23.3. The molecule has 0 amide bonds. The monoisotopic (exact) mass is 432 g/mol. The third-order valence-electron chi connectivity index (χ3n) is 5.11. The van der Waals surface area contributed by atoms with Crippen molar-refractivity contribution in [2.24, 2.45) is 0 Å². The van der Waals surface area contributed by atoms with Crippen LogP contribution in [-0.4, -0.2) is 19.7 Å². The number of benzene rings is 2. The zero-order valence-electron chi connectivity index (χ0n) is 16.8. The molecule has 0 aliphatic heterocycles. The average Bonchev–Trinajstić information content (AvgIpc) is 3.37. The summed E-state index contributed by atoms with van der Waals surface area (Å²) in [6, 6.07) is 14.2. The van der Waals surface area contributed by atoms with Gasteiger partial charge in [-0.2, -0.15) is 4.98 Å². The van der Waals surface area contributed by atoms with Crippen molar-refractivity contribution in [3.63, 3.8) is 0 Å². The van der Waals surface area contributed by atoms with E-state index < -0.39 is 0 Å². The second-order valence-electron chi connectivity index (χ2n) is 7.30. The molecule has 8 heteroatoms. The zero-order chi connectivity index (χ0) is 21.5. The Balaban J connectivity index is 1.56. The van der Waals surface area contributed by atoms with Gasteiger partial charge in [0, 0.05) is 11.1 Å². The van der Waals surface area contributed by atoms with Gasteiger partial charge < -0.3 is 4.52 Å². The SMILES string of the molecule is Cc1cccc(-c2noc(-c3sc4ncn(Cc5ccccc5F)c(=O)c4c3C)n2)c1. The van der Waals surface area contributed by atoms with E-state index in [1.54, 1.807) is 18.2 Å². The van der Waals surface area contributed by atoms with Crippen molar-refractivity contribution in [3.05, 3.63) is 87.7 Å². The van der Waals surface area contributed by atoms with Crippen LogP contribution in [0.3, 0.4) is 0 Å². The van der Waals surface area contributed by atoms with Crippen molar-refractivity contribution in [1.82, 2.24) is 19.7 Å². The van der Waals surface area contributed by atoms with Crippen LogP contribution >= 0.6 is 11.3 Å². The largest absolute Gasteiger partial charge is 0.333 e. The Morgan fingerprint density at radius 3 is 2.77 bits per heavy atom. The number of nitrogens with zero attached hydrogens (tertiary/aromatic N) is 4. The molecule has 0 saturated carbocycles. The maximum atomic E-state index is 14.0. The van der Waals surface area contributed by atoms with Crippen molar-refractivity contribution in [1.29, 1.82) is 0 Å². The van der Waals surface area contributed by atoms with Crippen molar-refractivity contribution < 1.29 is 8.91 Å². The normalized spacial score (nSPS) is 11.3. The first-order valence-corrected chi connectivity index (χ1v) is 10.5. The van der Waals surface area contributed by atoms with E-state index in [0.717, 1.165) is 16.7 Å². The van der Waals surface area contributed by atoms with E-state index in [1.165, 1.54) is 28.3 Å². The number of aryl methyl sites for hydroxylation is 2. The van der Waals surface area contributed by atoms with Gasteiger partial charge in [-0.15, -0.1) is 11.3 Å². The predicted molar refractivity (Wildman–Crippen MR) is 118 cm³/mol. The lowest BCUT2D eigenvalue weighted by molar-refractivity contribution is 0.433. The first-order chi connectivity index (χ1) is 15.0. The highest BCUT2D eigenvalue weighted by Crippen LogP contribution is 2.35. The molecule has 0 atom stereocenters. The van der Waals surface area contributed by atoms with Gasteiger partial charge >= 0.3 is 0 Å². The Labute approximate surface area is 180 Å². The molecule has 0 saturated heterocycles. The van der Waals surface area contributed by atoms with E-state index in [-0.39, 0.29) is 17.9 Å². The van der Waals surface area contributed by atoms with Gasteiger partial charge in [0.2, 0.25) is 5.82 Å². The molecule has 31 heavy (non-hydrogen) atoms. The van der Waals surface area contributed by atoms with E-state index in [1.807, 2.05) is 38.1 Å². The zero-order valence-corrected chi connectivity index (χ0v) is 17.6. The molecule has 0 N–H and O–H groups in total. The smallest absolute Gasteiger partial charge is 0.268 e. The first kappa shape index (κ1) is 19.3. The third-order valence-corrected chi connectivity index (χ3v) is 6.30. The van der Waals surface area contributed by atoms with Gasteiger partial charge in [0.15, 0.2) is 0 Å². The highest BCUT2D eigenvalue weighted by atomic mass is 32.1. The summed E-state index contributed by atoms with van der Waals surface area (Å²) in [5.41, 5.74) is 2.88. The summed E-state index contributed by atoms with van der Waals surface area (Å²) in [5.74, 6) is 0.476. The number of hydrogen-bond donors (Lipinski definition) is 0. The van der Waals surface area contributed by atoms with E-state index >= 15 is 0 Å². The number of hydrogen-bond acceptors (Lipinski definition) is 6. The fourth-order valence-corrected chi connectivity index (χ4v) is 4.56. The van der Waals surface area contributed by atoms with Gasteiger partial charge in [0.25, 0.3) is 11.4 Å². The molecular formula is C23H17FN4O2S. The van der Waals surface area contributed by atoms with Gasteiger partial charge in [0.1, 0.15) is 10.6 Å². The highest BCUT2D eigenvalue weighted by molar-refractivity contribution is 7.22. The lowest BCUT2D eigenvalue weighted by Gasteiger charge is -2.06. The first-order valence-electron chi connectivity index (χ1n) is 9.64. The number of aromatic nitrogens is 4. The standard InChI is InChI=1S/C23H17FN4O2S/c1-13-6-5-8-15(10-13)20-26-21(30-27-20)19-14(2)18-22(31-19)25-12-28(23(18)29)11-16-7-3-4-9-17(16)24/h3-10,12H,11H2,1-2H3. The fraction of sp³-hybridized carbons (Fsp3) is 0.130. The van der Waals surface area contributed by atoms with Gasteiger partial charge in [-0.05, 0) is 31.5 Å². The summed E-state index contributed by atoms with van der Waals surface area (Å²) in [6.45, 7) is 3.94. The van der Waals surface area contributed by atoms with Gasteiger partial charge in [-0.3, -0.25) is 9.36 Å². The molecule has 0 unspecified atom stereocenters. The minimum atomic E-state index is -0.355. The number of rotatable bonds is 4. The summed E-state index contributed by atoms with van der Waals surface area (Å²) in [7, 11) is 0. The van der Waals surface area contributed by atoms with Crippen molar-refractivity contribution in [2.45, 2.75) is 20.4 Å². The van der Waals surface area contributed by atoms with Crippen LogP contribution < -0.4 is 5.56 Å².